The first kappa shape index (κ1) is 17.5. The van der Waals surface area contributed by atoms with E-state index in [-0.39, 0.29) is 17.2 Å². The number of rotatable bonds is 4. The summed E-state index contributed by atoms with van der Waals surface area (Å²) in [5.74, 6) is -1.81. The molecular formula is C20H17F2N3O. The van der Waals surface area contributed by atoms with Gasteiger partial charge < -0.3 is 10.6 Å². The van der Waals surface area contributed by atoms with Gasteiger partial charge in [0, 0.05) is 11.9 Å². The summed E-state index contributed by atoms with van der Waals surface area (Å²) in [6.45, 7) is 3.81. The van der Waals surface area contributed by atoms with E-state index in [0.29, 0.717) is 5.69 Å². The monoisotopic (exact) mass is 353 g/mol. The zero-order valence-electron chi connectivity index (χ0n) is 14.3. The first-order valence-corrected chi connectivity index (χ1v) is 7.99. The summed E-state index contributed by atoms with van der Waals surface area (Å²) in [6, 6.07) is 10.8. The molecule has 0 fully saturated rings. The van der Waals surface area contributed by atoms with Crippen LogP contribution in [0.25, 0.3) is 0 Å². The fourth-order valence-electron chi connectivity index (χ4n) is 2.59. The number of aryl methyl sites for hydroxylation is 2. The van der Waals surface area contributed by atoms with Gasteiger partial charge in [-0.05, 0) is 43.2 Å². The first-order chi connectivity index (χ1) is 12.5. The fourth-order valence-corrected chi connectivity index (χ4v) is 2.59. The highest BCUT2D eigenvalue weighted by Crippen LogP contribution is 2.24. The Labute approximate surface area is 149 Å². The molecule has 1 heterocycles. The molecule has 0 atom stereocenters. The number of carbonyl (C=O) groups is 1. The molecule has 1 amide bonds. The second-order valence-corrected chi connectivity index (χ2v) is 5.90. The quantitative estimate of drug-likeness (QED) is 0.696. The maximum Gasteiger partial charge on any atom is 0.257 e. The molecule has 0 bridgehead atoms. The van der Waals surface area contributed by atoms with Crippen molar-refractivity contribution in [1.82, 2.24) is 4.98 Å². The first-order valence-electron chi connectivity index (χ1n) is 7.99. The van der Waals surface area contributed by atoms with Crippen molar-refractivity contribution in [3.63, 3.8) is 0 Å². The molecule has 6 heteroatoms. The Bertz CT molecular complexity index is 933. The van der Waals surface area contributed by atoms with Crippen LogP contribution in [0.15, 0.2) is 54.9 Å². The molecule has 26 heavy (non-hydrogen) atoms. The summed E-state index contributed by atoms with van der Waals surface area (Å²) >= 11 is 0. The van der Waals surface area contributed by atoms with E-state index < -0.39 is 11.6 Å². The maximum absolute atomic E-state index is 13.8. The number of halogens is 2. The zero-order valence-corrected chi connectivity index (χ0v) is 14.3. The summed E-state index contributed by atoms with van der Waals surface area (Å²) in [5, 5.41) is 5.48. The molecule has 0 saturated carbocycles. The second kappa shape index (κ2) is 7.31. The number of carbonyl (C=O) groups excluding carboxylic acids is 1. The van der Waals surface area contributed by atoms with Crippen molar-refractivity contribution in [2.45, 2.75) is 13.8 Å². The molecule has 0 aliphatic carbocycles. The number of nitrogens with one attached hydrogen (secondary N) is 2. The maximum atomic E-state index is 13.8. The highest BCUT2D eigenvalue weighted by atomic mass is 19.1. The number of aromatic nitrogens is 1. The smallest absolute Gasteiger partial charge is 0.257 e. The lowest BCUT2D eigenvalue weighted by Gasteiger charge is -2.12. The predicted octanol–water partition coefficient (Wildman–Crippen LogP) is 4.97. The number of anilines is 3. The average Bonchev–Trinajstić information content (AvgIpc) is 2.62. The van der Waals surface area contributed by atoms with E-state index in [4.69, 9.17) is 0 Å². The third-order valence-electron chi connectivity index (χ3n) is 3.95. The van der Waals surface area contributed by atoms with Crippen molar-refractivity contribution in [2.24, 2.45) is 0 Å². The Kier molecular flexibility index (Phi) is 4.93. The number of amides is 1. The third-order valence-corrected chi connectivity index (χ3v) is 3.95. The molecule has 0 saturated heterocycles. The number of pyridine rings is 1. The Morgan fingerprint density at radius 2 is 1.54 bits per heavy atom. The fraction of sp³-hybridized carbons (Fsp3) is 0.100. The van der Waals surface area contributed by atoms with Crippen LogP contribution in [0.2, 0.25) is 0 Å². The van der Waals surface area contributed by atoms with E-state index in [0.717, 1.165) is 28.9 Å². The molecule has 0 radical (unpaired) electrons. The second-order valence-electron chi connectivity index (χ2n) is 5.90. The highest BCUT2D eigenvalue weighted by molar-refractivity contribution is 6.05. The minimum absolute atomic E-state index is 0.273. The van der Waals surface area contributed by atoms with Gasteiger partial charge in [0.05, 0.1) is 17.4 Å². The van der Waals surface area contributed by atoms with E-state index in [1.807, 2.05) is 32.0 Å². The highest BCUT2D eigenvalue weighted by Gasteiger charge is 2.13. The normalized spacial score (nSPS) is 10.5. The van der Waals surface area contributed by atoms with E-state index in [1.165, 1.54) is 24.5 Å². The largest absolute Gasteiger partial charge is 0.349 e. The van der Waals surface area contributed by atoms with Crippen molar-refractivity contribution in [3.8, 4) is 0 Å². The minimum Gasteiger partial charge on any atom is -0.349 e. The molecular weight excluding hydrogens is 336 g/mol. The lowest BCUT2D eigenvalue weighted by atomic mass is 10.1. The van der Waals surface area contributed by atoms with Crippen LogP contribution in [-0.4, -0.2) is 10.9 Å². The van der Waals surface area contributed by atoms with E-state index in [2.05, 4.69) is 15.6 Å². The lowest BCUT2D eigenvalue weighted by molar-refractivity contribution is 0.102. The van der Waals surface area contributed by atoms with Crippen LogP contribution >= 0.6 is 0 Å². The predicted molar refractivity (Wildman–Crippen MR) is 97.7 cm³/mol. The summed E-state index contributed by atoms with van der Waals surface area (Å²) in [4.78, 5) is 16.5. The minimum atomic E-state index is -0.726. The van der Waals surface area contributed by atoms with Crippen molar-refractivity contribution in [3.05, 3.63) is 83.2 Å². The van der Waals surface area contributed by atoms with E-state index in [1.54, 1.807) is 0 Å². The van der Waals surface area contributed by atoms with Crippen LogP contribution in [0.3, 0.4) is 0 Å². The average molecular weight is 353 g/mol. The number of hydrogen-bond donors (Lipinski definition) is 2. The third kappa shape index (κ3) is 3.69. The van der Waals surface area contributed by atoms with Crippen LogP contribution in [0.4, 0.5) is 25.8 Å². The number of nitrogens with zero attached hydrogens (tertiary/aromatic N) is 1. The van der Waals surface area contributed by atoms with Crippen molar-refractivity contribution in [1.29, 1.82) is 0 Å². The Hall–Kier alpha value is -3.28. The molecule has 2 N–H and O–H groups in total. The number of hydrogen-bond acceptors (Lipinski definition) is 3. The summed E-state index contributed by atoms with van der Waals surface area (Å²) in [7, 11) is 0. The van der Waals surface area contributed by atoms with Gasteiger partial charge in [-0.3, -0.25) is 9.78 Å². The van der Waals surface area contributed by atoms with Gasteiger partial charge in [0.1, 0.15) is 17.3 Å². The standard InChI is InChI=1S/C20H17F2N3O/c1-12-5-3-6-13(2)18(12)25-20(26)14-9-15(11-23-10-14)24-19-16(21)7-4-8-17(19)22/h3-11,24H,1-2H3,(H,25,26). The van der Waals surface area contributed by atoms with Gasteiger partial charge in [-0.25, -0.2) is 8.78 Å². The Morgan fingerprint density at radius 1 is 0.923 bits per heavy atom. The summed E-state index contributed by atoms with van der Waals surface area (Å²) < 4.78 is 27.5. The van der Waals surface area contributed by atoms with Crippen molar-refractivity contribution in [2.75, 3.05) is 10.6 Å². The molecule has 0 aliphatic heterocycles. The molecule has 4 nitrogen and oxygen atoms in total. The molecule has 0 spiro atoms. The van der Waals surface area contributed by atoms with Crippen molar-refractivity contribution < 1.29 is 13.6 Å². The molecule has 1 aromatic heterocycles. The molecule has 2 aromatic carbocycles. The Balaban J connectivity index is 1.84. The Morgan fingerprint density at radius 3 is 2.19 bits per heavy atom. The zero-order chi connectivity index (χ0) is 18.7. The van der Waals surface area contributed by atoms with Crippen molar-refractivity contribution >= 4 is 23.0 Å². The van der Waals surface area contributed by atoms with Crippen LogP contribution in [0.1, 0.15) is 21.5 Å². The van der Waals surface area contributed by atoms with Gasteiger partial charge in [-0.1, -0.05) is 24.3 Å². The van der Waals surface area contributed by atoms with Gasteiger partial charge in [0.2, 0.25) is 0 Å². The van der Waals surface area contributed by atoms with Gasteiger partial charge in [-0.15, -0.1) is 0 Å². The summed E-state index contributed by atoms with van der Waals surface area (Å²) in [5.41, 5.74) is 2.90. The van der Waals surface area contributed by atoms with Crippen LogP contribution in [0, 0.1) is 25.5 Å². The SMILES string of the molecule is Cc1cccc(C)c1NC(=O)c1cncc(Nc2c(F)cccc2F)c1. The number of para-hydroxylation sites is 2. The van der Waals surface area contributed by atoms with Gasteiger partial charge in [0.15, 0.2) is 0 Å². The van der Waals surface area contributed by atoms with E-state index in [9.17, 15) is 13.6 Å². The number of benzene rings is 2. The summed E-state index contributed by atoms with van der Waals surface area (Å²) in [6.07, 6.45) is 2.79. The van der Waals surface area contributed by atoms with Crippen LogP contribution in [-0.2, 0) is 0 Å². The van der Waals surface area contributed by atoms with E-state index >= 15 is 0 Å². The molecule has 0 aliphatic rings. The molecule has 3 rings (SSSR count). The molecule has 0 unspecified atom stereocenters. The van der Waals surface area contributed by atoms with Gasteiger partial charge in [0.25, 0.3) is 5.91 Å². The lowest BCUT2D eigenvalue weighted by Crippen LogP contribution is -2.14. The van der Waals surface area contributed by atoms with Gasteiger partial charge >= 0.3 is 0 Å². The molecule has 132 valence electrons. The molecule has 3 aromatic rings. The van der Waals surface area contributed by atoms with Crippen LogP contribution < -0.4 is 10.6 Å². The topological polar surface area (TPSA) is 54.0 Å². The van der Waals surface area contributed by atoms with Gasteiger partial charge in [-0.2, -0.15) is 0 Å². The van der Waals surface area contributed by atoms with Crippen LogP contribution in [0.5, 0.6) is 0 Å².